The molecular weight excluding hydrogens is 294 g/mol. The minimum Gasteiger partial charge on any atom is -0.399 e. The van der Waals surface area contributed by atoms with Gasteiger partial charge in [-0.25, -0.2) is 4.98 Å². The second kappa shape index (κ2) is 5.99. The zero-order valence-electron chi connectivity index (χ0n) is 12.0. The molecule has 0 aliphatic rings. The summed E-state index contributed by atoms with van der Waals surface area (Å²) in [5.74, 6) is -0.151. The summed E-state index contributed by atoms with van der Waals surface area (Å²) in [5, 5.41) is 5.33. The van der Waals surface area contributed by atoms with Crippen molar-refractivity contribution in [1.29, 1.82) is 0 Å². The van der Waals surface area contributed by atoms with Gasteiger partial charge in [0.1, 0.15) is 0 Å². The first-order valence-corrected chi connectivity index (χ1v) is 7.69. The lowest BCUT2D eigenvalue weighted by Crippen LogP contribution is -2.11. The number of carbonyl (C=O) groups is 1. The number of amides is 1. The van der Waals surface area contributed by atoms with Crippen molar-refractivity contribution in [2.45, 2.75) is 6.92 Å². The average molecular weight is 309 g/mol. The lowest BCUT2D eigenvalue weighted by Gasteiger charge is -2.02. The Kier molecular flexibility index (Phi) is 3.89. The van der Waals surface area contributed by atoms with E-state index in [0.717, 1.165) is 16.8 Å². The number of thiazole rings is 1. The summed E-state index contributed by atoms with van der Waals surface area (Å²) in [6, 6.07) is 15.0. The van der Waals surface area contributed by atoms with Gasteiger partial charge in [-0.2, -0.15) is 0 Å². The Morgan fingerprint density at radius 1 is 1.18 bits per heavy atom. The molecule has 5 heteroatoms. The number of rotatable bonds is 3. The number of nitrogens with two attached hydrogens (primary N) is 1. The molecule has 0 aliphatic carbocycles. The predicted octanol–water partition coefficient (Wildman–Crippen LogP) is 3.95. The van der Waals surface area contributed by atoms with Crippen LogP contribution >= 0.6 is 11.3 Å². The standard InChI is InChI=1S/C17H15N3OS/c1-11-3-2-4-13(9-11)16(21)20-17-19-15(10-22-17)12-5-7-14(18)8-6-12/h2-10H,18H2,1H3,(H,19,20,21). The van der Waals surface area contributed by atoms with Crippen LogP contribution in [0, 0.1) is 6.92 Å². The molecule has 0 bridgehead atoms. The number of anilines is 2. The van der Waals surface area contributed by atoms with E-state index in [1.165, 1.54) is 11.3 Å². The molecule has 0 spiro atoms. The third kappa shape index (κ3) is 3.15. The van der Waals surface area contributed by atoms with Crippen LogP contribution in [0.1, 0.15) is 15.9 Å². The van der Waals surface area contributed by atoms with E-state index in [1.807, 2.05) is 54.8 Å². The highest BCUT2D eigenvalue weighted by Crippen LogP contribution is 2.25. The number of nitrogen functional groups attached to an aromatic ring is 1. The van der Waals surface area contributed by atoms with Crippen LogP contribution in [0.5, 0.6) is 0 Å². The molecule has 110 valence electrons. The lowest BCUT2D eigenvalue weighted by molar-refractivity contribution is 0.102. The van der Waals surface area contributed by atoms with Gasteiger partial charge >= 0.3 is 0 Å². The number of benzene rings is 2. The van der Waals surface area contributed by atoms with Crippen LogP contribution in [0.25, 0.3) is 11.3 Å². The molecule has 2 aromatic carbocycles. The molecule has 0 saturated heterocycles. The maximum Gasteiger partial charge on any atom is 0.257 e. The Bertz CT molecular complexity index is 809. The molecule has 1 amide bonds. The van der Waals surface area contributed by atoms with Gasteiger partial charge in [0.15, 0.2) is 5.13 Å². The molecule has 1 aromatic heterocycles. The summed E-state index contributed by atoms with van der Waals surface area (Å²) in [5.41, 5.74) is 9.87. The number of nitrogens with one attached hydrogen (secondary N) is 1. The van der Waals surface area contributed by atoms with Crippen LogP contribution in [-0.2, 0) is 0 Å². The first kappa shape index (κ1) is 14.3. The van der Waals surface area contributed by atoms with E-state index in [9.17, 15) is 4.79 Å². The average Bonchev–Trinajstić information content (AvgIpc) is 2.96. The fourth-order valence-electron chi connectivity index (χ4n) is 2.07. The molecule has 0 atom stereocenters. The van der Waals surface area contributed by atoms with Crippen LogP contribution < -0.4 is 11.1 Å². The molecular formula is C17H15N3OS. The van der Waals surface area contributed by atoms with Gasteiger partial charge in [0.05, 0.1) is 5.69 Å². The highest BCUT2D eigenvalue weighted by molar-refractivity contribution is 7.14. The van der Waals surface area contributed by atoms with Crippen LogP contribution in [0.2, 0.25) is 0 Å². The molecule has 22 heavy (non-hydrogen) atoms. The van der Waals surface area contributed by atoms with Crippen LogP contribution in [-0.4, -0.2) is 10.9 Å². The van der Waals surface area contributed by atoms with Gasteiger partial charge in [-0.05, 0) is 31.2 Å². The molecule has 0 fully saturated rings. The van der Waals surface area contributed by atoms with Gasteiger partial charge in [-0.15, -0.1) is 11.3 Å². The largest absolute Gasteiger partial charge is 0.399 e. The van der Waals surface area contributed by atoms with E-state index in [4.69, 9.17) is 5.73 Å². The van der Waals surface area contributed by atoms with Crippen molar-refractivity contribution in [3.8, 4) is 11.3 Å². The van der Waals surface area contributed by atoms with E-state index in [0.29, 0.717) is 16.4 Å². The van der Waals surface area contributed by atoms with Crippen molar-refractivity contribution in [1.82, 2.24) is 4.98 Å². The first-order valence-electron chi connectivity index (χ1n) is 6.81. The van der Waals surface area contributed by atoms with Crippen molar-refractivity contribution < 1.29 is 4.79 Å². The van der Waals surface area contributed by atoms with Crippen molar-refractivity contribution in [3.63, 3.8) is 0 Å². The number of hydrogen-bond acceptors (Lipinski definition) is 4. The second-order valence-electron chi connectivity index (χ2n) is 4.98. The van der Waals surface area contributed by atoms with Gasteiger partial charge in [-0.1, -0.05) is 29.8 Å². The third-order valence-corrected chi connectivity index (χ3v) is 3.97. The van der Waals surface area contributed by atoms with Crippen LogP contribution in [0.15, 0.2) is 53.9 Å². The number of hydrogen-bond donors (Lipinski definition) is 2. The molecule has 3 N–H and O–H groups in total. The van der Waals surface area contributed by atoms with E-state index in [1.54, 1.807) is 6.07 Å². The Morgan fingerprint density at radius 2 is 1.95 bits per heavy atom. The van der Waals surface area contributed by atoms with Gasteiger partial charge in [-0.3, -0.25) is 10.1 Å². The Hall–Kier alpha value is -2.66. The number of carbonyl (C=O) groups excluding carboxylic acids is 1. The zero-order valence-corrected chi connectivity index (χ0v) is 12.9. The van der Waals surface area contributed by atoms with Gasteiger partial charge in [0.2, 0.25) is 0 Å². The van der Waals surface area contributed by atoms with Crippen molar-refractivity contribution in [2.75, 3.05) is 11.1 Å². The lowest BCUT2D eigenvalue weighted by atomic mass is 10.1. The fraction of sp³-hybridized carbons (Fsp3) is 0.0588. The van der Waals surface area contributed by atoms with Crippen molar-refractivity contribution >= 4 is 28.1 Å². The van der Waals surface area contributed by atoms with Crippen LogP contribution in [0.3, 0.4) is 0 Å². The molecule has 3 aromatic rings. The van der Waals surface area contributed by atoms with Crippen molar-refractivity contribution in [2.24, 2.45) is 0 Å². The summed E-state index contributed by atoms with van der Waals surface area (Å²) in [4.78, 5) is 16.6. The molecule has 0 saturated carbocycles. The smallest absolute Gasteiger partial charge is 0.257 e. The molecule has 3 rings (SSSR count). The molecule has 0 unspecified atom stereocenters. The fourth-order valence-corrected chi connectivity index (χ4v) is 2.79. The number of aryl methyl sites for hydroxylation is 1. The van der Waals surface area contributed by atoms with Gasteiger partial charge in [0.25, 0.3) is 5.91 Å². The van der Waals surface area contributed by atoms with Crippen LogP contribution in [0.4, 0.5) is 10.8 Å². The van der Waals surface area contributed by atoms with Gasteiger partial charge < -0.3 is 5.73 Å². The monoisotopic (exact) mass is 309 g/mol. The summed E-state index contributed by atoms with van der Waals surface area (Å²) in [6.45, 7) is 1.96. The number of nitrogens with zero attached hydrogens (tertiary/aromatic N) is 1. The minimum atomic E-state index is -0.151. The molecule has 0 aliphatic heterocycles. The normalized spacial score (nSPS) is 10.4. The van der Waals surface area contributed by atoms with E-state index >= 15 is 0 Å². The predicted molar refractivity (Wildman–Crippen MR) is 91.1 cm³/mol. The topological polar surface area (TPSA) is 68.0 Å². The summed E-state index contributed by atoms with van der Waals surface area (Å²) >= 11 is 1.40. The first-order chi connectivity index (χ1) is 10.6. The summed E-state index contributed by atoms with van der Waals surface area (Å²) in [6.07, 6.45) is 0. The minimum absolute atomic E-state index is 0.151. The Balaban J connectivity index is 1.77. The molecule has 4 nitrogen and oxygen atoms in total. The highest BCUT2D eigenvalue weighted by atomic mass is 32.1. The third-order valence-electron chi connectivity index (χ3n) is 3.21. The molecule has 1 heterocycles. The van der Waals surface area contributed by atoms with Crippen molar-refractivity contribution in [3.05, 3.63) is 65.0 Å². The SMILES string of the molecule is Cc1cccc(C(=O)Nc2nc(-c3ccc(N)cc3)cs2)c1. The van der Waals surface area contributed by atoms with E-state index < -0.39 is 0 Å². The summed E-state index contributed by atoms with van der Waals surface area (Å²) in [7, 11) is 0. The van der Waals surface area contributed by atoms with E-state index in [-0.39, 0.29) is 5.91 Å². The maximum absolute atomic E-state index is 12.2. The Labute approximate surface area is 132 Å². The molecule has 0 radical (unpaired) electrons. The second-order valence-corrected chi connectivity index (χ2v) is 5.84. The quantitative estimate of drug-likeness (QED) is 0.720. The summed E-state index contributed by atoms with van der Waals surface area (Å²) < 4.78 is 0. The highest BCUT2D eigenvalue weighted by Gasteiger charge is 2.10. The number of aromatic nitrogens is 1. The zero-order chi connectivity index (χ0) is 15.5. The van der Waals surface area contributed by atoms with Gasteiger partial charge in [0, 0.05) is 22.2 Å². The maximum atomic E-state index is 12.2. The Morgan fingerprint density at radius 3 is 2.68 bits per heavy atom. The van der Waals surface area contributed by atoms with E-state index in [2.05, 4.69) is 10.3 Å².